The molecular weight excluding hydrogens is 188 g/mol. The van der Waals surface area contributed by atoms with Gasteiger partial charge in [-0.1, -0.05) is 0 Å². The maximum Gasteiger partial charge on any atom is 0.245 e. The zero-order chi connectivity index (χ0) is 10.2. The van der Waals surface area contributed by atoms with Crippen LogP contribution in [0.2, 0.25) is 0 Å². The van der Waals surface area contributed by atoms with Crippen LogP contribution in [-0.2, 0) is 0 Å². The van der Waals surface area contributed by atoms with Gasteiger partial charge in [-0.3, -0.25) is 4.99 Å². The normalized spacial score (nSPS) is 24.0. The molecule has 5 heteroatoms. The first-order valence-electron chi connectivity index (χ1n) is 4.92. The number of rotatable bonds is 3. The van der Waals surface area contributed by atoms with Crippen molar-refractivity contribution in [3.05, 3.63) is 0 Å². The summed E-state index contributed by atoms with van der Waals surface area (Å²) >= 11 is 0. The lowest BCUT2D eigenvalue weighted by Crippen LogP contribution is -2.40. The lowest BCUT2D eigenvalue weighted by Gasteiger charge is -2.19. The van der Waals surface area contributed by atoms with Gasteiger partial charge >= 0.3 is 0 Å². The second-order valence-corrected chi connectivity index (χ2v) is 4.14. The van der Waals surface area contributed by atoms with Crippen LogP contribution in [0.25, 0.3) is 0 Å². The molecule has 1 aliphatic carbocycles. The van der Waals surface area contributed by atoms with Crippen molar-refractivity contribution >= 4 is 5.96 Å². The second kappa shape index (κ2) is 3.37. The van der Waals surface area contributed by atoms with E-state index in [1.165, 1.54) is 0 Å². The molecule has 0 unspecified atom stereocenters. The summed E-state index contributed by atoms with van der Waals surface area (Å²) in [6.07, 6.45) is -0.939. The maximum absolute atomic E-state index is 12.6. The van der Waals surface area contributed by atoms with Crippen molar-refractivity contribution in [3.63, 3.8) is 0 Å². The predicted molar refractivity (Wildman–Crippen MR) is 50.6 cm³/mol. The fourth-order valence-corrected chi connectivity index (χ4v) is 1.61. The fraction of sp³-hybridized carbons (Fsp3) is 0.889. The summed E-state index contributed by atoms with van der Waals surface area (Å²) in [5.41, 5.74) is -0.758. The van der Waals surface area contributed by atoms with Crippen molar-refractivity contribution in [2.75, 3.05) is 26.7 Å². The van der Waals surface area contributed by atoms with E-state index in [9.17, 15) is 8.78 Å². The number of hydrogen-bond donors (Lipinski definition) is 1. The third kappa shape index (κ3) is 1.67. The highest BCUT2D eigenvalue weighted by Gasteiger charge is 2.51. The van der Waals surface area contributed by atoms with Crippen LogP contribution in [0.4, 0.5) is 8.78 Å². The van der Waals surface area contributed by atoms with Gasteiger partial charge in [-0.15, -0.1) is 0 Å². The van der Waals surface area contributed by atoms with Gasteiger partial charge in [0.15, 0.2) is 5.96 Å². The smallest absolute Gasteiger partial charge is 0.245 e. The van der Waals surface area contributed by atoms with E-state index in [2.05, 4.69) is 10.3 Å². The Morgan fingerprint density at radius 2 is 2.29 bits per heavy atom. The van der Waals surface area contributed by atoms with Gasteiger partial charge in [0, 0.05) is 25.6 Å². The molecule has 0 aromatic heterocycles. The minimum Gasteiger partial charge on any atom is -0.355 e. The van der Waals surface area contributed by atoms with Crippen LogP contribution in [0, 0.1) is 5.41 Å². The number of hydrogen-bond acceptors (Lipinski definition) is 3. The van der Waals surface area contributed by atoms with Crippen molar-refractivity contribution < 1.29 is 8.78 Å². The molecule has 0 aromatic carbocycles. The number of alkyl halides is 2. The van der Waals surface area contributed by atoms with E-state index in [0.717, 1.165) is 19.0 Å². The van der Waals surface area contributed by atoms with Crippen LogP contribution in [0.5, 0.6) is 0 Å². The van der Waals surface area contributed by atoms with E-state index in [-0.39, 0.29) is 0 Å². The van der Waals surface area contributed by atoms with E-state index in [1.54, 1.807) is 0 Å². The van der Waals surface area contributed by atoms with Crippen molar-refractivity contribution in [3.8, 4) is 0 Å². The van der Waals surface area contributed by atoms with Gasteiger partial charge in [-0.05, 0) is 12.8 Å². The van der Waals surface area contributed by atoms with Crippen LogP contribution < -0.4 is 5.32 Å². The molecule has 80 valence electrons. The van der Waals surface area contributed by atoms with Crippen molar-refractivity contribution in [2.24, 2.45) is 10.4 Å². The van der Waals surface area contributed by atoms with Crippen LogP contribution >= 0.6 is 0 Å². The summed E-state index contributed by atoms with van der Waals surface area (Å²) < 4.78 is 25.1. The lowest BCUT2D eigenvalue weighted by molar-refractivity contribution is 0.0636. The standard InChI is InChI=1S/C9H15F2N3/c1-14-5-4-12-8(14)13-6-9(2-3-9)7(10)11/h7H,2-6H2,1H3,(H,12,13). The molecular formula is C9H15F2N3. The molecule has 1 saturated carbocycles. The Morgan fingerprint density at radius 3 is 2.71 bits per heavy atom. The van der Waals surface area contributed by atoms with E-state index >= 15 is 0 Å². The number of halogens is 2. The Hall–Kier alpha value is -0.870. The van der Waals surface area contributed by atoms with Gasteiger partial charge in [0.2, 0.25) is 6.43 Å². The van der Waals surface area contributed by atoms with E-state index < -0.39 is 11.8 Å². The minimum atomic E-state index is -2.21. The Labute approximate surface area is 82.2 Å². The topological polar surface area (TPSA) is 27.6 Å². The summed E-state index contributed by atoms with van der Waals surface area (Å²) in [5, 5.41) is 3.01. The minimum absolute atomic E-state index is 0.355. The largest absolute Gasteiger partial charge is 0.355 e. The molecule has 14 heavy (non-hydrogen) atoms. The number of nitrogens with one attached hydrogen (secondary N) is 1. The summed E-state index contributed by atoms with van der Waals surface area (Å²) in [6.45, 7) is 2.00. The number of likely N-dealkylation sites (N-methyl/N-ethyl adjacent to an activating group) is 1. The van der Waals surface area contributed by atoms with Crippen molar-refractivity contribution in [2.45, 2.75) is 19.3 Å². The number of guanidine groups is 1. The highest BCUT2D eigenvalue weighted by atomic mass is 19.3. The van der Waals surface area contributed by atoms with Crippen LogP contribution in [0.3, 0.4) is 0 Å². The van der Waals surface area contributed by atoms with Gasteiger partial charge in [0.05, 0.1) is 6.54 Å². The fourth-order valence-electron chi connectivity index (χ4n) is 1.61. The SMILES string of the molecule is CN1CCN=C1NCC1(C(F)F)CC1. The van der Waals surface area contributed by atoms with Crippen LogP contribution in [-0.4, -0.2) is 44.0 Å². The molecule has 0 aromatic rings. The maximum atomic E-state index is 12.6. The molecule has 2 aliphatic rings. The molecule has 0 saturated heterocycles. The van der Waals surface area contributed by atoms with Crippen molar-refractivity contribution in [1.29, 1.82) is 0 Å². The molecule has 1 aliphatic heterocycles. The van der Waals surface area contributed by atoms with Gasteiger partial charge in [0.1, 0.15) is 0 Å². The summed E-state index contributed by atoms with van der Waals surface area (Å²) in [5.74, 6) is 0.761. The third-order valence-corrected chi connectivity index (χ3v) is 3.01. The zero-order valence-electron chi connectivity index (χ0n) is 8.26. The first kappa shape index (κ1) is 9.68. The Morgan fingerprint density at radius 1 is 1.57 bits per heavy atom. The molecule has 0 spiro atoms. The Balaban J connectivity index is 1.83. The molecule has 1 fully saturated rings. The molecule has 0 atom stereocenters. The second-order valence-electron chi connectivity index (χ2n) is 4.14. The highest BCUT2D eigenvalue weighted by molar-refractivity contribution is 5.81. The molecule has 0 bridgehead atoms. The van der Waals surface area contributed by atoms with E-state index in [4.69, 9.17) is 0 Å². The average molecular weight is 203 g/mol. The molecule has 0 radical (unpaired) electrons. The van der Waals surface area contributed by atoms with Gasteiger partial charge in [0.25, 0.3) is 0 Å². The monoisotopic (exact) mass is 203 g/mol. The zero-order valence-corrected chi connectivity index (χ0v) is 8.26. The quantitative estimate of drug-likeness (QED) is 0.738. The Kier molecular flexibility index (Phi) is 2.33. The molecule has 2 rings (SSSR count). The first-order valence-corrected chi connectivity index (χ1v) is 4.92. The van der Waals surface area contributed by atoms with E-state index in [1.807, 2.05) is 11.9 Å². The van der Waals surface area contributed by atoms with Crippen LogP contribution in [0.15, 0.2) is 4.99 Å². The molecule has 1 N–H and O–H groups in total. The van der Waals surface area contributed by atoms with Crippen molar-refractivity contribution in [1.82, 2.24) is 10.2 Å². The van der Waals surface area contributed by atoms with E-state index in [0.29, 0.717) is 19.4 Å². The third-order valence-electron chi connectivity index (χ3n) is 3.01. The average Bonchev–Trinajstić information content (AvgIpc) is 2.83. The summed E-state index contributed by atoms with van der Waals surface area (Å²) in [7, 11) is 1.92. The predicted octanol–water partition coefficient (Wildman–Crippen LogP) is 0.923. The van der Waals surface area contributed by atoms with Crippen LogP contribution in [0.1, 0.15) is 12.8 Å². The number of nitrogens with zero attached hydrogens (tertiary/aromatic N) is 2. The molecule has 0 amide bonds. The number of aliphatic imine (C=N–C) groups is 1. The van der Waals surface area contributed by atoms with Gasteiger partial charge < -0.3 is 10.2 Å². The lowest BCUT2D eigenvalue weighted by atomic mass is 10.1. The molecule has 3 nitrogen and oxygen atoms in total. The van der Waals surface area contributed by atoms with Gasteiger partial charge in [-0.25, -0.2) is 8.78 Å². The summed E-state index contributed by atoms with van der Waals surface area (Å²) in [6, 6.07) is 0. The highest BCUT2D eigenvalue weighted by Crippen LogP contribution is 2.50. The molecule has 1 heterocycles. The summed E-state index contributed by atoms with van der Waals surface area (Å²) in [4.78, 5) is 6.15. The first-order chi connectivity index (χ1) is 6.64. The van der Waals surface area contributed by atoms with Gasteiger partial charge in [-0.2, -0.15) is 0 Å². The Bertz CT molecular complexity index is 248.